The van der Waals surface area contributed by atoms with Crippen LogP contribution in [-0.4, -0.2) is 28.1 Å². The molecule has 0 spiro atoms. The van der Waals surface area contributed by atoms with Gasteiger partial charge in [-0.15, -0.1) is 0 Å². The van der Waals surface area contributed by atoms with E-state index in [2.05, 4.69) is 27.7 Å². The van der Waals surface area contributed by atoms with E-state index in [1.54, 1.807) is 6.20 Å². The number of nitriles is 1. The summed E-state index contributed by atoms with van der Waals surface area (Å²) >= 11 is 4.87. The molecule has 0 aliphatic carbocycles. The first-order valence-corrected chi connectivity index (χ1v) is 10.6. The summed E-state index contributed by atoms with van der Waals surface area (Å²) in [5.41, 5.74) is 3.64. The maximum atomic E-state index is 9.24. The molecule has 2 aromatic heterocycles. The molecule has 0 fully saturated rings. The van der Waals surface area contributed by atoms with Gasteiger partial charge in [-0.05, 0) is 36.3 Å². The van der Waals surface area contributed by atoms with Crippen molar-refractivity contribution in [2.45, 2.75) is 18.1 Å². The second kappa shape index (κ2) is 8.52. The fourth-order valence-corrected chi connectivity index (χ4v) is 4.40. The number of rotatable bonds is 8. The number of hydrogen-bond donors (Lipinski definition) is 2. The fraction of sp³-hybridized carbons (Fsp3) is 0.294. The van der Waals surface area contributed by atoms with Gasteiger partial charge in [0, 0.05) is 17.3 Å². The number of thioether (sulfide) groups is 1. The standard InChI is InChI=1S/C17H18N4OS3/c1-3-23-7-6-22-17-20-10-14(24-17)25-21-13-5-4-11(2)15-12(8-18)9-19-16(13)15/h4-5,9-10,19,21H,3,6-7H2,1-2H3. The highest BCUT2D eigenvalue weighted by Crippen LogP contribution is 2.34. The number of thiazole rings is 1. The Hall–Kier alpha value is -1.82. The number of nitrogens with zero attached hydrogens (tertiary/aromatic N) is 2. The van der Waals surface area contributed by atoms with E-state index < -0.39 is 0 Å². The monoisotopic (exact) mass is 390 g/mol. The Morgan fingerprint density at radius 3 is 3.12 bits per heavy atom. The van der Waals surface area contributed by atoms with E-state index in [0.717, 1.165) is 37.9 Å². The van der Waals surface area contributed by atoms with Gasteiger partial charge in [-0.25, -0.2) is 4.98 Å². The second-order valence-corrected chi connectivity index (χ2v) is 8.68. The van der Waals surface area contributed by atoms with E-state index in [4.69, 9.17) is 4.74 Å². The summed E-state index contributed by atoms with van der Waals surface area (Å²) in [4.78, 5) is 7.49. The van der Waals surface area contributed by atoms with Crippen LogP contribution in [-0.2, 0) is 0 Å². The summed E-state index contributed by atoms with van der Waals surface area (Å²) in [6, 6.07) is 6.27. The summed E-state index contributed by atoms with van der Waals surface area (Å²) in [6.45, 7) is 4.83. The van der Waals surface area contributed by atoms with Crippen molar-refractivity contribution in [3.63, 3.8) is 0 Å². The van der Waals surface area contributed by atoms with Crippen LogP contribution in [0, 0.1) is 18.3 Å². The molecule has 3 aromatic rings. The van der Waals surface area contributed by atoms with E-state index >= 15 is 0 Å². The minimum Gasteiger partial charge on any atom is -0.469 e. The Morgan fingerprint density at radius 1 is 1.44 bits per heavy atom. The molecule has 1 aromatic carbocycles. The minimum absolute atomic E-state index is 0.666. The van der Waals surface area contributed by atoms with Gasteiger partial charge in [0.25, 0.3) is 5.19 Å². The van der Waals surface area contributed by atoms with Gasteiger partial charge in [0.1, 0.15) is 10.3 Å². The van der Waals surface area contributed by atoms with Crippen LogP contribution in [0.4, 0.5) is 5.69 Å². The molecule has 8 heteroatoms. The van der Waals surface area contributed by atoms with Crippen molar-refractivity contribution >= 4 is 51.6 Å². The Bertz CT molecular complexity index is 897. The smallest absolute Gasteiger partial charge is 0.274 e. The van der Waals surface area contributed by atoms with Crippen LogP contribution in [0.1, 0.15) is 18.1 Å². The summed E-state index contributed by atoms with van der Waals surface area (Å²) < 4.78 is 10.0. The molecule has 2 heterocycles. The van der Waals surface area contributed by atoms with E-state index in [1.807, 2.05) is 37.0 Å². The molecular formula is C17H18N4OS3. The van der Waals surface area contributed by atoms with Crippen molar-refractivity contribution < 1.29 is 4.74 Å². The number of anilines is 1. The number of aromatic amines is 1. The molecule has 2 N–H and O–H groups in total. The SMILES string of the molecule is CCSCCOc1ncc(SNc2ccc(C)c3c(C#N)c[nH]c23)s1. The Balaban J connectivity index is 1.65. The summed E-state index contributed by atoms with van der Waals surface area (Å²) in [5, 5.41) is 10.9. The first-order chi connectivity index (χ1) is 12.2. The average molecular weight is 391 g/mol. The van der Waals surface area contributed by atoms with E-state index in [-0.39, 0.29) is 0 Å². The lowest BCUT2D eigenvalue weighted by Gasteiger charge is -2.07. The first kappa shape index (κ1) is 18.0. The molecule has 5 nitrogen and oxygen atoms in total. The van der Waals surface area contributed by atoms with Gasteiger partial charge in [-0.2, -0.15) is 17.0 Å². The predicted octanol–water partition coefficient (Wildman–Crippen LogP) is 5.06. The van der Waals surface area contributed by atoms with Crippen LogP contribution in [0.3, 0.4) is 0 Å². The number of benzene rings is 1. The molecule has 3 rings (SSSR count). The van der Waals surface area contributed by atoms with Crippen LogP contribution in [0.15, 0.2) is 28.7 Å². The van der Waals surface area contributed by atoms with Crippen molar-refractivity contribution in [3.8, 4) is 11.3 Å². The zero-order valence-corrected chi connectivity index (χ0v) is 16.4. The third kappa shape index (κ3) is 4.24. The van der Waals surface area contributed by atoms with E-state index in [0.29, 0.717) is 17.4 Å². The minimum atomic E-state index is 0.666. The molecule has 0 aliphatic rings. The zero-order valence-electron chi connectivity index (χ0n) is 14.0. The maximum Gasteiger partial charge on any atom is 0.274 e. The molecule has 0 saturated heterocycles. The summed E-state index contributed by atoms with van der Waals surface area (Å²) in [7, 11) is 0. The highest BCUT2D eigenvalue weighted by molar-refractivity contribution is 8.02. The van der Waals surface area contributed by atoms with Crippen LogP contribution < -0.4 is 9.46 Å². The van der Waals surface area contributed by atoms with Crippen LogP contribution in [0.25, 0.3) is 10.9 Å². The quantitative estimate of drug-likeness (QED) is 0.414. The molecule has 0 radical (unpaired) electrons. The zero-order chi connectivity index (χ0) is 17.6. The fourth-order valence-electron chi connectivity index (χ4n) is 2.39. The van der Waals surface area contributed by atoms with Crippen LogP contribution in [0.2, 0.25) is 0 Å². The highest BCUT2D eigenvalue weighted by Gasteiger charge is 2.11. The molecular weight excluding hydrogens is 372 g/mol. The molecule has 0 bridgehead atoms. The first-order valence-electron chi connectivity index (χ1n) is 7.83. The Kier molecular flexibility index (Phi) is 6.13. The van der Waals surface area contributed by atoms with Gasteiger partial charge >= 0.3 is 0 Å². The normalized spacial score (nSPS) is 10.8. The largest absolute Gasteiger partial charge is 0.469 e. The van der Waals surface area contributed by atoms with Gasteiger partial charge in [-0.3, -0.25) is 0 Å². The number of H-pyrrole nitrogens is 1. The number of aromatic nitrogens is 2. The van der Waals surface area contributed by atoms with Crippen molar-refractivity contribution in [1.29, 1.82) is 5.26 Å². The molecule has 130 valence electrons. The van der Waals surface area contributed by atoms with E-state index in [1.165, 1.54) is 23.3 Å². The Morgan fingerprint density at radius 2 is 2.32 bits per heavy atom. The van der Waals surface area contributed by atoms with Crippen molar-refractivity contribution in [3.05, 3.63) is 35.7 Å². The van der Waals surface area contributed by atoms with Crippen LogP contribution in [0.5, 0.6) is 5.19 Å². The van der Waals surface area contributed by atoms with Crippen molar-refractivity contribution in [2.24, 2.45) is 0 Å². The Labute approximate surface area is 159 Å². The number of aryl methyl sites for hydroxylation is 1. The molecule has 25 heavy (non-hydrogen) atoms. The van der Waals surface area contributed by atoms with Gasteiger partial charge < -0.3 is 14.4 Å². The molecule has 0 unspecified atom stereocenters. The predicted molar refractivity (Wildman–Crippen MR) is 108 cm³/mol. The third-order valence-corrected chi connectivity index (χ3v) is 6.24. The molecule has 0 amide bonds. The molecule has 0 saturated carbocycles. The average Bonchev–Trinajstić information content (AvgIpc) is 3.25. The summed E-state index contributed by atoms with van der Waals surface area (Å²) in [6.07, 6.45) is 3.56. The molecule has 0 aliphatic heterocycles. The second-order valence-electron chi connectivity index (χ2n) is 5.19. The van der Waals surface area contributed by atoms with Gasteiger partial charge in [-0.1, -0.05) is 24.3 Å². The topological polar surface area (TPSA) is 73.7 Å². The van der Waals surface area contributed by atoms with E-state index in [9.17, 15) is 5.26 Å². The molecule has 0 atom stereocenters. The lowest BCUT2D eigenvalue weighted by atomic mass is 10.1. The number of ether oxygens (including phenoxy) is 1. The van der Waals surface area contributed by atoms with Gasteiger partial charge in [0.15, 0.2) is 0 Å². The van der Waals surface area contributed by atoms with Gasteiger partial charge in [0.05, 0.1) is 29.6 Å². The van der Waals surface area contributed by atoms with Crippen LogP contribution >= 0.6 is 35.0 Å². The van der Waals surface area contributed by atoms with Crippen molar-refractivity contribution in [2.75, 3.05) is 22.8 Å². The van der Waals surface area contributed by atoms with Gasteiger partial charge in [0.2, 0.25) is 0 Å². The summed E-state index contributed by atoms with van der Waals surface area (Å²) in [5.74, 6) is 2.08. The maximum absolute atomic E-state index is 9.24. The lowest BCUT2D eigenvalue weighted by Crippen LogP contribution is -1.99. The lowest BCUT2D eigenvalue weighted by molar-refractivity contribution is 0.342. The van der Waals surface area contributed by atoms with Crippen molar-refractivity contribution in [1.82, 2.24) is 9.97 Å². The highest BCUT2D eigenvalue weighted by atomic mass is 32.2. The number of fused-ring (bicyclic) bond motifs is 1. The number of nitrogens with one attached hydrogen (secondary N) is 2. The number of hydrogen-bond acceptors (Lipinski definition) is 7. The third-order valence-electron chi connectivity index (χ3n) is 3.55.